The average Bonchev–Trinajstić information content (AvgIpc) is 3.35. The number of nitrogens with one attached hydrogen (secondary N) is 1. The molecule has 2 heterocycles. The number of hydrogen-bond donors (Lipinski definition) is 2. The SMILES string of the molecule is O=C(CCn1nc(C(F)(F)F)c(Cl)c1C1CC1)N=Nc1c(O)[nH]c2ccccc12. The molecular formula is C18H15ClF3N5O2. The summed E-state index contributed by atoms with van der Waals surface area (Å²) < 4.78 is 40.4. The molecule has 0 radical (unpaired) electrons. The number of carbonyl (C=O) groups is 1. The number of aryl methyl sites for hydroxylation is 1. The topological polar surface area (TPSA) is 95.6 Å². The Hall–Kier alpha value is -2.88. The summed E-state index contributed by atoms with van der Waals surface area (Å²) in [6.45, 7) is -0.0979. The van der Waals surface area contributed by atoms with Crippen molar-refractivity contribution < 1.29 is 23.1 Å². The second kappa shape index (κ2) is 7.18. The van der Waals surface area contributed by atoms with Gasteiger partial charge in [-0.2, -0.15) is 18.3 Å². The molecule has 2 aromatic heterocycles. The van der Waals surface area contributed by atoms with E-state index in [1.165, 1.54) is 0 Å². The number of benzene rings is 1. The van der Waals surface area contributed by atoms with Crippen molar-refractivity contribution in [2.45, 2.75) is 37.9 Å². The number of nitrogens with zero attached hydrogens (tertiary/aromatic N) is 4. The van der Waals surface area contributed by atoms with E-state index in [1.807, 2.05) is 0 Å². The Morgan fingerprint density at radius 2 is 2.07 bits per heavy atom. The van der Waals surface area contributed by atoms with Gasteiger partial charge >= 0.3 is 6.18 Å². The highest BCUT2D eigenvalue weighted by Gasteiger charge is 2.42. The van der Waals surface area contributed by atoms with Gasteiger partial charge in [0, 0.05) is 11.3 Å². The first-order chi connectivity index (χ1) is 13.8. The van der Waals surface area contributed by atoms with E-state index >= 15 is 0 Å². The lowest BCUT2D eigenvalue weighted by molar-refractivity contribution is -0.141. The lowest BCUT2D eigenvalue weighted by Crippen LogP contribution is -2.10. The predicted molar refractivity (Wildman–Crippen MR) is 98.3 cm³/mol. The number of rotatable bonds is 5. The molecule has 29 heavy (non-hydrogen) atoms. The van der Waals surface area contributed by atoms with Crippen LogP contribution in [0.3, 0.4) is 0 Å². The Morgan fingerprint density at radius 3 is 2.76 bits per heavy atom. The molecule has 1 saturated carbocycles. The highest BCUT2D eigenvalue weighted by atomic mass is 35.5. The fraction of sp³-hybridized carbons (Fsp3) is 0.333. The van der Waals surface area contributed by atoms with Crippen LogP contribution in [0, 0.1) is 0 Å². The number of aromatic hydroxyl groups is 1. The second-order valence-corrected chi connectivity index (χ2v) is 7.13. The van der Waals surface area contributed by atoms with E-state index in [-0.39, 0.29) is 30.5 Å². The van der Waals surface area contributed by atoms with Crippen LogP contribution in [-0.2, 0) is 17.5 Å². The lowest BCUT2D eigenvalue weighted by Gasteiger charge is -2.04. The van der Waals surface area contributed by atoms with E-state index in [1.54, 1.807) is 24.3 Å². The number of aromatic nitrogens is 3. The Morgan fingerprint density at radius 1 is 1.34 bits per heavy atom. The number of fused-ring (bicyclic) bond motifs is 1. The number of alkyl halides is 3. The van der Waals surface area contributed by atoms with Crippen LogP contribution in [0.1, 0.15) is 36.6 Å². The molecule has 11 heteroatoms. The zero-order chi connectivity index (χ0) is 20.8. The van der Waals surface area contributed by atoms with Crippen LogP contribution in [0.5, 0.6) is 5.88 Å². The number of carbonyl (C=O) groups excluding carboxylic acids is 1. The molecule has 0 aliphatic heterocycles. The molecule has 1 aromatic carbocycles. The van der Waals surface area contributed by atoms with Gasteiger partial charge in [0.05, 0.1) is 29.2 Å². The van der Waals surface area contributed by atoms with Gasteiger partial charge in [0.25, 0.3) is 5.91 Å². The summed E-state index contributed by atoms with van der Waals surface area (Å²) in [4.78, 5) is 14.8. The molecule has 0 bridgehead atoms. The monoisotopic (exact) mass is 425 g/mol. The molecule has 1 amide bonds. The summed E-state index contributed by atoms with van der Waals surface area (Å²) in [6.07, 6.45) is -3.41. The third-order valence-electron chi connectivity index (χ3n) is 4.62. The zero-order valence-electron chi connectivity index (χ0n) is 14.9. The Bertz CT molecular complexity index is 1110. The highest BCUT2D eigenvalue weighted by Crippen LogP contribution is 2.47. The fourth-order valence-electron chi connectivity index (χ4n) is 3.12. The van der Waals surface area contributed by atoms with Crippen LogP contribution in [0.2, 0.25) is 5.02 Å². The van der Waals surface area contributed by atoms with Crippen LogP contribution in [0.15, 0.2) is 34.5 Å². The first kappa shape index (κ1) is 19.4. The summed E-state index contributed by atoms with van der Waals surface area (Å²) in [6, 6.07) is 6.95. The van der Waals surface area contributed by atoms with Crippen LogP contribution in [0.25, 0.3) is 10.9 Å². The van der Waals surface area contributed by atoms with E-state index in [0.717, 1.165) is 17.5 Å². The average molecular weight is 426 g/mol. The largest absolute Gasteiger partial charge is 0.493 e. The number of para-hydroxylation sites is 1. The number of amides is 1. The van der Waals surface area contributed by atoms with E-state index in [0.29, 0.717) is 16.6 Å². The van der Waals surface area contributed by atoms with E-state index in [4.69, 9.17) is 11.6 Å². The third kappa shape index (κ3) is 3.84. The van der Waals surface area contributed by atoms with Crippen molar-refractivity contribution in [2.24, 2.45) is 10.2 Å². The van der Waals surface area contributed by atoms with E-state index in [2.05, 4.69) is 20.3 Å². The molecule has 1 fully saturated rings. The van der Waals surface area contributed by atoms with Gasteiger partial charge in [-0.15, -0.1) is 10.2 Å². The van der Waals surface area contributed by atoms with E-state index in [9.17, 15) is 23.1 Å². The number of aromatic amines is 1. The second-order valence-electron chi connectivity index (χ2n) is 6.75. The van der Waals surface area contributed by atoms with Crippen molar-refractivity contribution in [1.82, 2.24) is 14.8 Å². The van der Waals surface area contributed by atoms with Gasteiger partial charge in [-0.3, -0.25) is 9.48 Å². The van der Waals surface area contributed by atoms with Gasteiger partial charge in [-0.25, -0.2) is 0 Å². The van der Waals surface area contributed by atoms with Crippen LogP contribution >= 0.6 is 11.6 Å². The third-order valence-corrected chi connectivity index (χ3v) is 5.00. The summed E-state index contributed by atoms with van der Waals surface area (Å²) in [5.74, 6) is -0.963. The number of halogens is 4. The molecule has 0 saturated heterocycles. The molecule has 2 N–H and O–H groups in total. The first-order valence-corrected chi connectivity index (χ1v) is 9.21. The molecule has 3 aromatic rings. The van der Waals surface area contributed by atoms with Gasteiger partial charge in [-0.05, 0) is 18.9 Å². The summed E-state index contributed by atoms with van der Waals surface area (Å²) in [5, 5.41) is 21.0. The fourth-order valence-corrected chi connectivity index (χ4v) is 3.52. The van der Waals surface area contributed by atoms with Crippen molar-refractivity contribution >= 4 is 34.1 Å². The number of hydrogen-bond acceptors (Lipinski definition) is 4. The van der Waals surface area contributed by atoms with Gasteiger partial charge in [0.2, 0.25) is 5.88 Å². The van der Waals surface area contributed by atoms with Gasteiger partial charge in [0.15, 0.2) is 11.4 Å². The maximum absolute atomic E-state index is 13.1. The van der Waals surface area contributed by atoms with Crippen LogP contribution < -0.4 is 0 Å². The van der Waals surface area contributed by atoms with Crippen molar-refractivity contribution in [2.75, 3.05) is 0 Å². The van der Waals surface area contributed by atoms with Crippen molar-refractivity contribution in [3.63, 3.8) is 0 Å². The van der Waals surface area contributed by atoms with Crippen LogP contribution in [0.4, 0.5) is 18.9 Å². The quantitative estimate of drug-likeness (QED) is 0.541. The van der Waals surface area contributed by atoms with Crippen molar-refractivity contribution in [3.05, 3.63) is 40.7 Å². The molecule has 1 aliphatic rings. The van der Waals surface area contributed by atoms with Gasteiger partial charge in [-0.1, -0.05) is 29.8 Å². The minimum atomic E-state index is -4.66. The molecule has 0 unspecified atom stereocenters. The molecule has 4 rings (SSSR count). The molecule has 0 atom stereocenters. The summed E-state index contributed by atoms with van der Waals surface area (Å²) in [5.41, 5.74) is -0.0858. The molecule has 1 aliphatic carbocycles. The molecule has 152 valence electrons. The maximum Gasteiger partial charge on any atom is 0.436 e. The lowest BCUT2D eigenvalue weighted by atomic mass is 10.2. The summed E-state index contributed by atoms with van der Waals surface area (Å²) in [7, 11) is 0. The minimum Gasteiger partial charge on any atom is -0.493 e. The number of H-pyrrole nitrogens is 1. The predicted octanol–water partition coefficient (Wildman–Crippen LogP) is 5.32. The molecular weight excluding hydrogens is 411 g/mol. The van der Waals surface area contributed by atoms with Crippen LogP contribution in [-0.4, -0.2) is 25.8 Å². The zero-order valence-corrected chi connectivity index (χ0v) is 15.6. The normalized spacial score (nSPS) is 14.9. The van der Waals surface area contributed by atoms with E-state index < -0.39 is 22.8 Å². The van der Waals surface area contributed by atoms with Gasteiger partial charge < -0.3 is 10.1 Å². The Kier molecular flexibility index (Phi) is 4.81. The van der Waals surface area contributed by atoms with Crippen molar-refractivity contribution in [3.8, 4) is 5.88 Å². The Labute approximate surface area is 167 Å². The Balaban J connectivity index is 1.50. The highest BCUT2D eigenvalue weighted by molar-refractivity contribution is 6.32. The molecule has 0 spiro atoms. The number of azo groups is 1. The molecule has 7 nitrogen and oxygen atoms in total. The van der Waals surface area contributed by atoms with Crippen molar-refractivity contribution in [1.29, 1.82) is 0 Å². The smallest absolute Gasteiger partial charge is 0.436 e. The maximum atomic E-state index is 13.1. The summed E-state index contributed by atoms with van der Waals surface area (Å²) >= 11 is 5.90. The minimum absolute atomic E-state index is 0.0778. The van der Waals surface area contributed by atoms with Gasteiger partial charge in [0.1, 0.15) is 0 Å². The first-order valence-electron chi connectivity index (χ1n) is 8.83. The standard InChI is InChI=1S/C18H15ClF3N5O2/c19-13-15(9-5-6-9)27(26-16(13)18(20,21)22)8-7-12(28)24-25-14-10-3-1-2-4-11(10)23-17(14)29/h1-4,9,23,29H,5-8H2.